The van der Waals surface area contributed by atoms with Gasteiger partial charge in [0.25, 0.3) is 0 Å². The average Bonchev–Trinajstić information content (AvgIpc) is 3.89. The van der Waals surface area contributed by atoms with Crippen molar-refractivity contribution in [3.8, 4) is 33.6 Å². The van der Waals surface area contributed by atoms with Crippen LogP contribution in [0.25, 0.3) is 110 Å². The maximum absolute atomic E-state index is 6.83. The minimum atomic E-state index is 0.904. The van der Waals surface area contributed by atoms with Gasteiger partial charge in [-0.2, -0.15) is 0 Å². The predicted octanol–water partition coefficient (Wildman–Crippen LogP) is 12.6. The smallest absolute Gasteiger partial charge is 0.160 e. The van der Waals surface area contributed by atoms with E-state index in [0.29, 0.717) is 0 Å². The normalized spacial score (nSPS) is 12.5. The van der Waals surface area contributed by atoms with E-state index in [1.165, 1.54) is 71.1 Å². The lowest BCUT2D eigenvalue weighted by molar-refractivity contribution is 0.671. The second-order valence-electron chi connectivity index (χ2n) is 13.3. The van der Waals surface area contributed by atoms with Crippen molar-refractivity contribution in [3.05, 3.63) is 158 Å². The van der Waals surface area contributed by atoms with Crippen molar-refractivity contribution in [2.45, 2.75) is 0 Å². The number of furan rings is 1. The molecule has 0 saturated heterocycles. The highest BCUT2D eigenvalue weighted by Gasteiger charge is 2.26. The summed E-state index contributed by atoms with van der Waals surface area (Å²) in [6.45, 7) is 0. The van der Waals surface area contributed by atoms with Gasteiger partial charge in [0.2, 0.25) is 0 Å². The van der Waals surface area contributed by atoms with Crippen molar-refractivity contribution in [1.82, 2.24) is 9.13 Å². The van der Waals surface area contributed by atoms with E-state index in [4.69, 9.17) is 4.42 Å². The molecule has 0 amide bonds. The zero-order valence-corrected chi connectivity index (χ0v) is 26.3. The average molecular weight is 623 g/mol. The number of hydrogen-bond donors (Lipinski definition) is 0. The number of aromatic nitrogens is 2. The fraction of sp³-hybridized carbons (Fsp3) is 0. The van der Waals surface area contributed by atoms with Crippen LogP contribution in [0.1, 0.15) is 0 Å². The van der Waals surface area contributed by atoms with E-state index in [9.17, 15) is 0 Å². The van der Waals surface area contributed by atoms with Crippen LogP contribution in [0.4, 0.5) is 0 Å². The Kier molecular flexibility index (Phi) is 4.72. The van der Waals surface area contributed by atoms with Gasteiger partial charge >= 0.3 is 0 Å². The van der Waals surface area contributed by atoms with E-state index in [-0.39, 0.29) is 0 Å². The molecule has 12 rings (SSSR count). The summed E-state index contributed by atoms with van der Waals surface area (Å²) in [5, 5.41) is 9.68. The second kappa shape index (κ2) is 9.06. The van der Waals surface area contributed by atoms with Gasteiger partial charge in [-0.1, -0.05) is 115 Å². The summed E-state index contributed by atoms with van der Waals surface area (Å²) in [7, 11) is 0. The summed E-state index contributed by atoms with van der Waals surface area (Å²) in [5.74, 6) is 0. The Labute approximate surface area is 280 Å². The first-order valence-electron chi connectivity index (χ1n) is 16.9. The minimum absolute atomic E-state index is 0.904. The maximum Gasteiger partial charge on any atom is 0.160 e. The minimum Gasteiger partial charge on any atom is -0.454 e. The molecule has 1 aliphatic rings. The Hall–Kier alpha value is -6.58. The van der Waals surface area contributed by atoms with Crippen molar-refractivity contribution >= 4 is 76.3 Å². The van der Waals surface area contributed by atoms with E-state index in [1.54, 1.807) is 0 Å². The third-order valence-electron chi connectivity index (χ3n) is 10.8. The molecule has 3 aromatic heterocycles. The van der Waals surface area contributed by atoms with Crippen LogP contribution in [0, 0.1) is 0 Å². The first-order chi connectivity index (χ1) is 24.3. The quantitative estimate of drug-likeness (QED) is 0.188. The highest BCUT2D eigenvalue weighted by molar-refractivity contribution is 6.28. The van der Waals surface area contributed by atoms with Gasteiger partial charge < -0.3 is 13.6 Å². The van der Waals surface area contributed by atoms with Crippen LogP contribution in [-0.2, 0) is 0 Å². The number of benzene rings is 8. The van der Waals surface area contributed by atoms with Gasteiger partial charge in [0.05, 0.1) is 22.1 Å². The Bertz CT molecular complexity index is 3210. The van der Waals surface area contributed by atoms with Crippen LogP contribution < -0.4 is 0 Å². The topological polar surface area (TPSA) is 23.0 Å². The van der Waals surface area contributed by atoms with Gasteiger partial charge in [-0.05, 0) is 75.5 Å². The van der Waals surface area contributed by atoms with Crippen molar-refractivity contribution in [3.63, 3.8) is 0 Å². The zero-order valence-electron chi connectivity index (χ0n) is 26.3. The highest BCUT2D eigenvalue weighted by Crippen LogP contribution is 2.50. The van der Waals surface area contributed by atoms with Crippen molar-refractivity contribution in [2.24, 2.45) is 0 Å². The lowest BCUT2D eigenvalue weighted by Crippen LogP contribution is -1.99. The molecule has 8 aromatic carbocycles. The van der Waals surface area contributed by atoms with Gasteiger partial charge in [0, 0.05) is 43.7 Å². The molecule has 3 heteroatoms. The molecule has 0 aliphatic heterocycles. The first kappa shape index (κ1) is 25.5. The Balaban J connectivity index is 1.35. The largest absolute Gasteiger partial charge is 0.454 e. The molecule has 0 saturated carbocycles. The van der Waals surface area contributed by atoms with Crippen LogP contribution in [0.15, 0.2) is 162 Å². The molecule has 0 unspecified atom stereocenters. The van der Waals surface area contributed by atoms with Gasteiger partial charge in [0.15, 0.2) is 5.58 Å². The molecule has 3 nitrogen and oxygen atoms in total. The molecule has 0 N–H and O–H groups in total. The molecule has 0 fully saturated rings. The molecular weight excluding hydrogens is 597 g/mol. The third-order valence-corrected chi connectivity index (χ3v) is 10.8. The van der Waals surface area contributed by atoms with Gasteiger partial charge in [-0.15, -0.1) is 0 Å². The van der Waals surface area contributed by atoms with E-state index in [1.807, 2.05) is 0 Å². The first-order valence-corrected chi connectivity index (χ1v) is 16.9. The van der Waals surface area contributed by atoms with Gasteiger partial charge in [-0.25, -0.2) is 0 Å². The molecule has 0 spiro atoms. The molecule has 49 heavy (non-hydrogen) atoms. The van der Waals surface area contributed by atoms with E-state index in [2.05, 4.69) is 167 Å². The van der Waals surface area contributed by atoms with Crippen molar-refractivity contribution < 1.29 is 4.42 Å². The lowest BCUT2D eigenvalue weighted by Gasteiger charge is -2.14. The van der Waals surface area contributed by atoms with E-state index in [0.717, 1.165) is 38.8 Å². The molecule has 3 heterocycles. The standard InChI is InChI=1S/C46H26N2O/c1-2-12-28(13-3-1)47-40-19-8-6-16-32(40)35-21-22-36-37-23-24-38-33-17-7-9-20-41(33)49-46(38)45(37)48(44(36)43(35)47)29-25-27-11-10-18-34-30-14-4-5-15-31(30)39(26-29)42(27)34/h1-26H. The Morgan fingerprint density at radius 1 is 0.367 bits per heavy atom. The van der Waals surface area contributed by atoms with Crippen LogP contribution in [0.5, 0.6) is 0 Å². The SMILES string of the molecule is c1ccc(-n2c3ccccc3c3ccc4c5ccc6c7ccccc7oc6c5n(-c5cc6c7c(cccc7c5)-c5ccccc5-6)c4c32)cc1. The molecule has 1 aliphatic carbocycles. The van der Waals surface area contributed by atoms with E-state index < -0.39 is 0 Å². The molecular formula is C46H26N2O. The monoisotopic (exact) mass is 622 g/mol. The Morgan fingerprint density at radius 2 is 1.00 bits per heavy atom. The lowest BCUT2D eigenvalue weighted by atomic mass is 10.0. The number of fused-ring (bicyclic) bond motifs is 14. The molecule has 0 radical (unpaired) electrons. The summed E-state index contributed by atoms with van der Waals surface area (Å²) in [6.07, 6.45) is 0. The van der Waals surface area contributed by atoms with Crippen molar-refractivity contribution in [2.75, 3.05) is 0 Å². The molecule has 0 bridgehead atoms. The molecule has 11 aromatic rings. The number of hydrogen-bond acceptors (Lipinski definition) is 1. The molecule has 226 valence electrons. The third kappa shape index (κ3) is 3.17. The summed E-state index contributed by atoms with van der Waals surface area (Å²) >= 11 is 0. The summed E-state index contributed by atoms with van der Waals surface area (Å²) in [4.78, 5) is 0. The number of rotatable bonds is 2. The predicted molar refractivity (Wildman–Crippen MR) is 204 cm³/mol. The maximum atomic E-state index is 6.83. The fourth-order valence-corrected chi connectivity index (χ4v) is 8.84. The Morgan fingerprint density at radius 3 is 1.86 bits per heavy atom. The van der Waals surface area contributed by atoms with E-state index >= 15 is 0 Å². The van der Waals surface area contributed by atoms with Crippen LogP contribution in [0.2, 0.25) is 0 Å². The summed E-state index contributed by atoms with van der Waals surface area (Å²) in [5.41, 5.74) is 13.9. The van der Waals surface area contributed by atoms with Crippen LogP contribution in [-0.4, -0.2) is 9.13 Å². The number of nitrogens with zero attached hydrogens (tertiary/aromatic N) is 2. The summed E-state index contributed by atoms with van der Waals surface area (Å²) < 4.78 is 11.8. The second-order valence-corrected chi connectivity index (χ2v) is 13.3. The van der Waals surface area contributed by atoms with Crippen molar-refractivity contribution in [1.29, 1.82) is 0 Å². The van der Waals surface area contributed by atoms with Gasteiger partial charge in [-0.3, -0.25) is 0 Å². The van der Waals surface area contributed by atoms with Gasteiger partial charge in [0.1, 0.15) is 5.58 Å². The molecule has 0 atom stereocenters. The zero-order chi connectivity index (χ0) is 31.8. The summed E-state index contributed by atoms with van der Waals surface area (Å²) in [6, 6.07) is 57.5. The highest BCUT2D eigenvalue weighted by atomic mass is 16.3. The van der Waals surface area contributed by atoms with Crippen LogP contribution >= 0.6 is 0 Å². The number of para-hydroxylation sites is 3. The fourth-order valence-electron chi connectivity index (χ4n) is 8.84. The van der Waals surface area contributed by atoms with Crippen LogP contribution in [0.3, 0.4) is 0 Å².